The third kappa shape index (κ3) is 2.55. The average Bonchev–Trinajstić information content (AvgIpc) is 3.01. The lowest BCUT2D eigenvalue weighted by molar-refractivity contribution is -0.118. The summed E-state index contributed by atoms with van der Waals surface area (Å²) >= 11 is 3.57. The van der Waals surface area contributed by atoms with Crippen molar-refractivity contribution in [1.29, 1.82) is 0 Å². The highest BCUT2D eigenvalue weighted by Gasteiger charge is 2.45. The molecule has 0 bridgehead atoms. The number of carbonyl (C=O) groups excluding carboxylic acids is 1. The zero-order valence-electron chi connectivity index (χ0n) is 16.1. The first-order valence-corrected chi connectivity index (χ1v) is 10.4. The number of Topliss-reactive ketones (excluding diaryl/α,β-unsaturated/α-hetero) is 1. The molecule has 0 fully saturated rings. The lowest BCUT2D eigenvalue weighted by Crippen LogP contribution is -2.37. The molecular formula is C23H19BrN2O3. The van der Waals surface area contributed by atoms with Crippen LogP contribution in [0.25, 0.3) is 16.5 Å². The molecule has 0 saturated carbocycles. The minimum atomic E-state index is -0.617. The summed E-state index contributed by atoms with van der Waals surface area (Å²) in [6.07, 6.45) is 0.955. The molecule has 0 spiro atoms. The van der Waals surface area contributed by atoms with E-state index in [1.165, 1.54) is 9.36 Å². The molecule has 29 heavy (non-hydrogen) atoms. The van der Waals surface area contributed by atoms with Crippen molar-refractivity contribution in [3.63, 3.8) is 0 Å². The van der Waals surface area contributed by atoms with Crippen molar-refractivity contribution < 1.29 is 4.79 Å². The molecule has 2 heterocycles. The second-order valence-electron chi connectivity index (χ2n) is 8.54. The standard InChI is InChI=1S/C23H19BrN2O3/c1-23(2)11-17-19(18(27)12-23)20(15-9-5-6-10-16(15)24)26-22(29)14-8-4-3-7-13(14)21(28)25(17)26/h3-10,20H,11-12H2,1-2H3. The predicted molar refractivity (Wildman–Crippen MR) is 116 cm³/mol. The highest BCUT2D eigenvalue weighted by atomic mass is 79.9. The monoisotopic (exact) mass is 450 g/mol. The van der Waals surface area contributed by atoms with Gasteiger partial charge in [0, 0.05) is 16.5 Å². The Morgan fingerprint density at radius 2 is 1.52 bits per heavy atom. The zero-order valence-corrected chi connectivity index (χ0v) is 17.7. The highest BCUT2D eigenvalue weighted by molar-refractivity contribution is 9.10. The highest BCUT2D eigenvalue weighted by Crippen LogP contribution is 2.47. The molecule has 3 aromatic rings. The predicted octanol–water partition coefficient (Wildman–Crippen LogP) is 4.13. The maximum absolute atomic E-state index is 13.5. The van der Waals surface area contributed by atoms with Gasteiger partial charge >= 0.3 is 0 Å². The van der Waals surface area contributed by atoms with Crippen LogP contribution in [0.4, 0.5) is 0 Å². The number of allylic oxidation sites excluding steroid dienone is 2. The van der Waals surface area contributed by atoms with Crippen molar-refractivity contribution in [3.8, 4) is 0 Å². The first-order valence-electron chi connectivity index (χ1n) is 9.58. The van der Waals surface area contributed by atoms with E-state index in [2.05, 4.69) is 15.9 Å². The number of carbonyl (C=O) groups is 1. The normalized spacial score (nSPS) is 20.1. The topological polar surface area (TPSA) is 61.1 Å². The van der Waals surface area contributed by atoms with E-state index in [9.17, 15) is 14.4 Å². The number of rotatable bonds is 1. The molecule has 0 saturated heterocycles. The van der Waals surface area contributed by atoms with Gasteiger partial charge in [-0.15, -0.1) is 0 Å². The van der Waals surface area contributed by atoms with Crippen LogP contribution < -0.4 is 11.1 Å². The molecule has 1 unspecified atom stereocenters. The Bertz CT molecular complexity index is 1360. The average molecular weight is 451 g/mol. The summed E-state index contributed by atoms with van der Waals surface area (Å²) in [5, 5.41) is 0.751. The molecule has 146 valence electrons. The van der Waals surface area contributed by atoms with Crippen molar-refractivity contribution >= 4 is 38.2 Å². The van der Waals surface area contributed by atoms with E-state index in [-0.39, 0.29) is 22.3 Å². The second kappa shape index (κ2) is 6.13. The Morgan fingerprint density at radius 3 is 2.21 bits per heavy atom. The van der Waals surface area contributed by atoms with Crippen molar-refractivity contribution in [2.45, 2.75) is 32.7 Å². The number of benzene rings is 2. The SMILES string of the molecule is CC1(C)CC(=O)C2=C(C1)n1c(=O)c3ccccc3c(=O)n1C2c1ccccc1Br. The minimum Gasteiger partial charge on any atom is -0.294 e. The van der Waals surface area contributed by atoms with Gasteiger partial charge in [0.15, 0.2) is 5.78 Å². The Kier molecular flexibility index (Phi) is 3.87. The number of aromatic nitrogens is 2. The maximum atomic E-state index is 13.5. The quantitative estimate of drug-likeness (QED) is 0.559. The van der Waals surface area contributed by atoms with Gasteiger partial charge in [-0.3, -0.25) is 14.4 Å². The van der Waals surface area contributed by atoms with Crippen molar-refractivity contribution in [2.75, 3.05) is 0 Å². The van der Waals surface area contributed by atoms with Gasteiger partial charge < -0.3 is 0 Å². The molecule has 2 aliphatic rings. The van der Waals surface area contributed by atoms with E-state index < -0.39 is 6.04 Å². The van der Waals surface area contributed by atoms with Crippen LogP contribution in [0.3, 0.4) is 0 Å². The summed E-state index contributed by atoms with van der Waals surface area (Å²) in [4.78, 5) is 40.2. The molecule has 1 aliphatic heterocycles. The summed E-state index contributed by atoms with van der Waals surface area (Å²) in [7, 11) is 0. The van der Waals surface area contributed by atoms with Crippen LogP contribution in [0.1, 0.15) is 38.3 Å². The molecule has 1 aromatic heterocycles. The summed E-state index contributed by atoms with van der Waals surface area (Å²) in [6.45, 7) is 4.05. The lowest BCUT2D eigenvalue weighted by atomic mass is 9.74. The van der Waals surface area contributed by atoms with Gasteiger partial charge in [0.25, 0.3) is 11.1 Å². The largest absolute Gasteiger partial charge is 0.294 e. The van der Waals surface area contributed by atoms with Crippen LogP contribution >= 0.6 is 15.9 Å². The van der Waals surface area contributed by atoms with Crippen LogP contribution in [0.2, 0.25) is 0 Å². The van der Waals surface area contributed by atoms with Gasteiger partial charge in [-0.1, -0.05) is 60.1 Å². The molecule has 1 atom stereocenters. The van der Waals surface area contributed by atoms with Gasteiger partial charge in [0.05, 0.1) is 16.5 Å². The number of hydrogen-bond donors (Lipinski definition) is 0. The van der Waals surface area contributed by atoms with E-state index >= 15 is 0 Å². The summed E-state index contributed by atoms with van der Waals surface area (Å²) < 4.78 is 3.74. The first-order chi connectivity index (χ1) is 13.8. The molecule has 0 radical (unpaired) electrons. The van der Waals surface area contributed by atoms with E-state index in [1.807, 2.05) is 38.1 Å². The number of halogens is 1. The van der Waals surface area contributed by atoms with Crippen LogP contribution in [0.5, 0.6) is 0 Å². The van der Waals surface area contributed by atoms with E-state index in [4.69, 9.17) is 0 Å². The second-order valence-corrected chi connectivity index (χ2v) is 9.39. The first kappa shape index (κ1) is 18.3. The maximum Gasteiger partial charge on any atom is 0.277 e. The van der Waals surface area contributed by atoms with Gasteiger partial charge in [0.1, 0.15) is 6.04 Å². The fourth-order valence-electron chi connectivity index (χ4n) is 4.68. The van der Waals surface area contributed by atoms with E-state index in [0.717, 1.165) is 10.0 Å². The van der Waals surface area contributed by atoms with Gasteiger partial charge in [-0.2, -0.15) is 0 Å². The molecule has 6 heteroatoms. The van der Waals surface area contributed by atoms with Crippen molar-refractivity contribution in [3.05, 3.63) is 84.8 Å². The Labute approximate surface area is 175 Å². The molecule has 0 amide bonds. The number of ketones is 1. The minimum absolute atomic E-state index is 0.00365. The van der Waals surface area contributed by atoms with Crippen molar-refractivity contribution in [1.82, 2.24) is 9.36 Å². The van der Waals surface area contributed by atoms with Crippen LogP contribution in [0, 0.1) is 5.41 Å². The van der Waals surface area contributed by atoms with Gasteiger partial charge in [0.2, 0.25) is 0 Å². The van der Waals surface area contributed by atoms with Crippen LogP contribution in [-0.4, -0.2) is 15.1 Å². The van der Waals surface area contributed by atoms with Crippen LogP contribution in [-0.2, 0) is 4.79 Å². The molecule has 5 rings (SSSR count). The molecule has 2 aromatic carbocycles. The molecule has 5 nitrogen and oxygen atoms in total. The van der Waals surface area contributed by atoms with Crippen LogP contribution in [0.15, 0.2) is 68.2 Å². The smallest absolute Gasteiger partial charge is 0.277 e. The fraction of sp³-hybridized carbons (Fsp3) is 0.261. The van der Waals surface area contributed by atoms with Gasteiger partial charge in [-0.05, 0) is 35.6 Å². The fourth-order valence-corrected chi connectivity index (χ4v) is 5.18. The number of fused-ring (bicyclic) bond motifs is 3. The zero-order chi connectivity index (χ0) is 20.5. The third-order valence-corrected chi connectivity index (χ3v) is 6.60. The molecule has 1 aliphatic carbocycles. The van der Waals surface area contributed by atoms with E-state index in [1.54, 1.807) is 24.3 Å². The van der Waals surface area contributed by atoms with E-state index in [0.29, 0.717) is 34.9 Å². The number of hydrogen-bond acceptors (Lipinski definition) is 3. The third-order valence-electron chi connectivity index (χ3n) is 5.87. The summed E-state index contributed by atoms with van der Waals surface area (Å²) in [5.74, 6) is -0.00365. The molecule has 0 N–H and O–H groups in total. The summed E-state index contributed by atoms with van der Waals surface area (Å²) in [6, 6.07) is 13.8. The van der Waals surface area contributed by atoms with Gasteiger partial charge in [-0.25, -0.2) is 9.36 Å². The van der Waals surface area contributed by atoms with Crippen molar-refractivity contribution in [2.24, 2.45) is 5.41 Å². The summed E-state index contributed by atoms with van der Waals surface area (Å²) in [5.41, 5.74) is 1.22. The Hall–Kier alpha value is -2.73. The molecular weight excluding hydrogens is 432 g/mol. The lowest BCUT2D eigenvalue weighted by Gasteiger charge is -2.30. The number of nitrogens with zero attached hydrogens (tertiary/aromatic N) is 2. The Morgan fingerprint density at radius 1 is 0.897 bits per heavy atom. The Balaban J connectivity index is 1.95.